The van der Waals surface area contributed by atoms with Gasteiger partial charge >= 0.3 is 0 Å². The summed E-state index contributed by atoms with van der Waals surface area (Å²) in [6, 6.07) is 20.9. The second kappa shape index (κ2) is 6.32. The van der Waals surface area contributed by atoms with Gasteiger partial charge in [0, 0.05) is 11.6 Å². The van der Waals surface area contributed by atoms with E-state index in [1.807, 2.05) is 36.4 Å². The third-order valence-electron chi connectivity index (χ3n) is 4.50. The number of rotatable bonds is 3. The zero-order valence-corrected chi connectivity index (χ0v) is 13.4. The smallest absolute Gasteiger partial charge is 0.222 e. The molecule has 0 bridgehead atoms. The lowest BCUT2D eigenvalue weighted by molar-refractivity contribution is 0.598. The quantitative estimate of drug-likeness (QED) is 0.759. The van der Waals surface area contributed by atoms with E-state index in [4.69, 9.17) is 5.73 Å². The Labute approximate surface area is 141 Å². The van der Waals surface area contributed by atoms with E-state index in [9.17, 15) is 0 Å². The molecule has 1 aliphatic rings. The Morgan fingerprint density at radius 1 is 0.958 bits per heavy atom. The lowest BCUT2D eigenvalue weighted by Crippen LogP contribution is -2.18. The molecule has 24 heavy (non-hydrogen) atoms. The summed E-state index contributed by atoms with van der Waals surface area (Å²) in [7, 11) is 0. The molecule has 0 amide bonds. The van der Waals surface area contributed by atoms with Crippen molar-refractivity contribution in [2.24, 2.45) is 0 Å². The minimum atomic E-state index is 0.271. The highest BCUT2D eigenvalue weighted by Gasteiger charge is 2.20. The van der Waals surface area contributed by atoms with Gasteiger partial charge in [-0.25, -0.2) is 4.98 Å². The zero-order valence-electron chi connectivity index (χ0n) is 13.4. The van der Waals surface area contributed by atoms with Gasteiger partial charge in [0.1, 0.15) is 5.82 Å². The van der Waals surface area contributed by atoms with E-state index >= 15 is 0 Å². The van der Waals surface area contributed by atoms with Crippen molar-refractivity contribution in [3.8, 4) is 11.3 Å². The van der Waals surface area contributed by atoms with Crippen LogP contribution in [0.5, 0.6) is 0 Å². The Kier molecular flexibility index (Phi) is 3.87. The van der Waals surface area contributed by atoms with Crippen molar-refractivity contribution >= 4 is 11.8 Å². The number of nitrogens with one attached hydrogen (secondary N) is 1. The normalized spacial score (nSPS) is 16.4. The van der Waals surface area contributed by atoms with Crippen LogP contribution in [0.25, 0.3) is 11.3 Å². The molecule has 0 saturated carbocycles. The number of nitrogen functional groups attached to an aromatic ring is 1. The van der Waals surface area contributed by atoms with Crippen LogP contribution in [0, 0.1) is 0 Å². The van der Waals surface area contributed by atoms with Gasteiger partial charge in [0.05, 0.1) is 11.7 Å². The van der Waals surface area contributed by atoms with Crippen LogP contribution in [0.1, 0.15) is 30.0 Å². The number of aromatic nitrogens is 2. The van der Waals surface area contributed by atoms with Gasteiger partial charge in [0.25, 0.3) is 0 Å². The second-order valence-corrected chi connectivity index (χ2v) is 6.15. The molecule has 120 valence electrons. The third kappa shape index (κ3) is 2.95. The fourth-order valence-corrected chi connectivity index (χ4v) is 3.38. The maximum absolute atomic E-state index is 5.93. The van der Waals surface area contributed by atoms with Crippen LogP contribution < -0.4 is 11.1 Å². The molecule has 0 spiro atoms. The Morgan fingerprint density at radius 2 is 1.75 bits per heavy atom. The zero-order chi connectivity index (χ0) is 16.4. The number of nitrogens with zero attached hydrogens (tertiary/aromatic N) is 2. The van der Waals surface area contributed by atoms with Crippen LogP contribution in [-0.2, 0) is 6.42 Å². The lowest BCUT2D eigenvalue weighted by atomic mass is 9.88. The SMILES string of the molecule is Nc1nc(NC2CCCc3ccccc32)cc(-c2ccccc2)n1. The number of nitrogens with two attached hydrogens (primary N) is 1. The molecule has 0 fully saturated rings. The van der Waals surface area contributed by atoms with Crippen molar-refractivity contribution in [1.82, 2.24) is 9.97 Å². The predicted octanol–water partition coefficient (Wildman–Crippen LogP) is 4.22. The van der Waals surface area contributed by atoms with Gasteiger partial charge in [0.2, 0.25) is 5.95 Å². The van der Waals surface area contributed by atoms with Gasteiger partial charge in [-0.15, -0.1) is 0 Å². The topological polar surface area (TPSA) is 63.8 Å². The molecule has 0 radical (unpaired) electrons. The van der Waals surface area contributed by atoms with Crippen molar-refractivity contribution in [2.75, 3.05) is 11.1 Å². The molecular formula is C20H20N4. The molecule has 4 heteroatoms. The molecule has 3 N–H and O–H groups in total. The summed E-state index contributed by atoms with van der Waals surface area (Å²) in [4.78, 5) is 8.75. The number of aryl methyl sites for hydroxylation is 1. The van der Waals surface area contributed by atoms with Gasteiger partial charge < -0.3 is 11.1 Å². The minimum Gasteiger partial charge on any atom is -0.368 e. The first-order chi connectivity index (χ1) is 11.8. The van der Waals surface area contributed by atoms with E-state index in [0.29, 0.717) is 5.95 Å². The summed E-state index contributed by atoms with van der Waals surface area (Å²) < 4.78 is 0. The van der Waals surface area contributed by atoms with E-state index in [-0.39, 0.29) is 6.04 Å². The summed E-state index contributed by atoms with van der Waals surface area (Å²) in [6.45, 7) is 0. The molecule has 1 heterocycles. The standard InChI is InChI=1S/C20H20N4/c21-20-23-18(15-8-2-1-3-9-15)13-19(24-20)22-17-12-6-10-14-7-4-5-11-16(14)17/h1-5,7-9,11,13,17H,6,10,12H2,(H3,21,22,23,24). The first-order valence-corrected chi connectivity index (χ1v) is 8.34. The van der Waals surface area contributed by atoms with Crippen LogP contribution in [0.3, 0.4) is 0 Å². The largest absolute Gasteiger partial charge is 0.368 e. The van der Waals surface area contributed by atoms with Crippen LogP contribution in [0.4, 0.5) is 11.8 Å². The van der Waals surface area contributed by atoms with Gasteiger partial charge in [-0.2, -0.15) is 4.98 Å². The Morgan fingerprint density at radius 3 is 2.62 bits per heavy atom. The first-order valence-electron chi connectivity index (χ1n) is 8.34. The van der Waals surface area contributed by atoms with E-state index in [2.05, 4.69) is 39.6 Å². The van der Waals surface area contributed by atoms with Crippen molar-refractivity contribution in [1.29, 1.82) is 0 Å². The highest BCUT2D eigenvalue weighted by molar-refractivity contribution is 5.64. The van der Waals surface area contributed by atoms with Crippen molar-refractivity contribution in [3.63, 3.8) is 0 Å². The lowest BCUT2D eigenvalue weighted by Gasteiger charge is -2.27. The molecule has 1 atom stereocenters. The van der Waals surface area contributed by atoms with Gasteiger partial charge in [-0.1, -0.05) is 54.6 Å². The third-order valence-corrected chi connectivity index (χ3v) is 4.50. The Hall–Kier alpha value is -2.88. The number of hydrogen-bond donors (Lipinski definition) is 2. The predicted molar refractivity (Wildman–Crippen MR) is 97.6 cm³/mol. The van der Waals surface area contributed by atoms with E-state index in [1.165, 1.54) is 17.5 Å². The van der Waals surface area contributed by atoms with Crippen molar-refractivity contribution in [2.45, 2.75) is 25.3 Å². The molecule has 1 unspecified atom stereocenters. The Balaban J connectivity index is 1.65. The van der Waals surface area contributed by atoms with Crippen LogP contribution in [-0.4, -0.2) is 9.97 Å². The maximum atomic E-state index is 5.93. The van der Waals surface area contributed by atoms with Gasteiger partial charge in [-0.3, -0.25) is 0 Å². The Bertz CT molecular complexity index is 845. The number of hydrogen-bond acceptors (Lipinski definition) is 4. The molecular weight excluding hydrogens is 296 g/mol. The van der Waals surface area contributed by atoms with Crippen LogP contribution in [0.2, 0.25) is 0 Å². The highest BCUT2D eigenvalue weighted by Crippen LogP contribution is 2.32. The molecule has 0 aliphatic heterocycles. The molecule has 4 nitrogen and oxygen atoms in total. The van der Waals surface area contributed by atoms with Crippen LogP contribution >= 0.6 is 0 Å². The van der Waals surface area contributed by atoms with Gasteiger partial charge in [-0.05, 0) is 30.4 Å². The van der Waals surface area contributed by atoms with Crippen molar-refractivity contribution < 1.29 is 0 Å². The molecule has 0 saturated heterocycles. The summed E-state index contributed by atoms with van der Waals surface area (Å²) in [5.74, 6) is 1.08. The fraction of sp³-hybridized carbons (Fsp3) is 0.200. The average Bonchev–Trinajstić information content (AvgIpc) is 2.62. The highest BCUT2D eigenvalue weighted by atomic mass is 15.1. The number of fused-ring (bicyclic) bond motifs is 1. The molecule has 2 aromatic carbocycles. The first kappa shape index (κ1) is 14.7. The molecule has 1 aliphatic carbocycles. The summed E-state index contributed by atoms with van der Waals surface area (Å²) in [5, 5.41) is 3.56. The van der Waals surface area contributed by atoms with E-state index in [1.54, 1.807) is 0 Å². The number of anilines is 2. The van der Waals surface area contributed by atoms with Crippen LogP contribution in [0.15, 0.2) is 60.7 Å². The summed E-state index contributed by atoms with van der Waals surface area (Å²) in [6.07, 6.45) is 3.43. The van der Waals surface area contributed by atoms with Gasteiger partial charge in [0.15, 0.2) is 0 Å². The molecule has 4 rings (SSSR count). The van der Waals surface area contributed by atoms with E-state index in [0.717, 1.165) is 29.9 Å². The molecule has 3 aromatic rings. The average molecular weight is 316 g/mol. The second-order valence-electron chi connectivity index (χ2n) is 6.15. The monoisotopic (exact) mass is 316 g/mol. The minimum absolute atomic E-state index is 0.271. The van der Waals surface area contributed by atoms with Crippen molar-refractivity contribution in [3.05, 3.63) is 71.8 Å². The fourth-order valence-electron chi connectivity index (χ4n) is 3.38. The number of benzene rings is 2. The summed E-state index contributed by atoms with van der Waals surface area (Å²) >= 11 is 0. The molecule has 1 aromatic heterocycles. The summed E-state index contributed by atoms with van der Waals surface area (Å²) in [5.41, 5.74) is 10.6. The maximum Gasteiger partial charge on any atom is 0.222 e. The van der Waals surface area contributed by atoms with E-state index < -0.39 is 0 Å².